The molecule has 0 amide bonds. The molecule has 2 aliphatic rings. The van der Waals surface area contributed by atoms with Gasteiger partial charge in [-0.3, -0.25) is 0 Å². The number of rotatable bonds is 2. The first kappa shape index (κ1) is 13.8. The molecule has 20 heavy (non-hydrogen) atoms. The summed E-state index contributed by atoms with van der Waals surface area (Å²) in [5.74, 6) is 0.408. The maximum Gasteiger partial charge on any atom is 0.243 e. The van der Waals surface area contributed by atoms with E-state index in [1.165, 1.54) is 18.6 Å². The first-order valence-electron chi connectivity index (χ1n) is 6.95. The van der Waals surface area contributed by atoms with E-state index in [1.807, 2.05) is 0 Å². The van der Waals surface area contributed by atoms with Gasteiger partial charge in [0.1, 0.15) is 5.82 Å². The smallest absolute Gasteiger partial charge is 0.243 e. The lowest BCUT2D eigenvalue weighted by Gasteiger charge is -2.19. The molecule has 1 aromatic carbocycles. The maximum absolute atomic E-state index is 13.4. The summed E-state index contributed by atoms with van der Waals surface area (Å²) < 4.78 is 40.3. The molecule has 0 bridgehead atoms. The minimum absolute atomic E-state index is 0.117. The first-order valence-corrected chi connectivity index (χ1v) is 8.39. The van der Waals surface area contributed by atoms with Gasteiger partial charge in [0.15, 0.2) is 0 Å². The quantitative estimate of drug-likeness (QED) is 0.851. The summed E-state index contributed by atoms with van der Waals surface area (Å²) in [5.41, 5.74) is 5.81. The Kier molecular flexibility index (Phi) is 3.25. The Morgan fingerprint density at radius 3 is 2.45 bits per heavy atom. The van der Waals surface area contributed by atoms with Crippen molar-refractivity contribution in [3.05, 3.63) is 23.5 Å². The number of anilines is 1. The van der Waals surface area contributed by atoms with Crippen LogP contribution in [0.1, 0.15) is 24.8 Å². The van der Waals surface area contributed by atoms with Crippen molar-refractivity contribution in [3.8, 4) is 0 Å². The Balaban J connectivity index is 1.95. The van der Waals surface area contributed by atoms with Crippen molar-refractivity contribution in [3.63, 3.8) is 0 Å². The number of hydrogen-bond donors (Lipinski definition) is 1. The Morgan fingerprint density at radius 2 is 1.85 bits per heavy atom. The predicted octanol–water partition coefficient (Wildman–Crippen LogP) is 2.14. The molecule has 0 aromatic heterocycles. The van der Waals surface area contributed by atoms with Gasteiger partial charge in [-0.25, -0.2) is 12.8 Å². The van der Waals surface area contributed by atoms with Gasteiger partial charge in [-0.15, -0.1) is 0 Å². The van der Waals surface area contributed by atoms with Crippen LogP contribution in [0.25, 0.3) is 0 Å². The zero-order chi connectivity index (χ0) is 14.5. The summed E-state index contributed by atoms with van der Waals surface area (Å²) >= 11 is 0. The number of benzene rings is 1. The molecule has 1 saturated heterocycles. The zero-order valence-corrected chi connectivity index (χ0v) is 12.3. The SMILES string of the molecule is Cc1cc(F)c(N)cc1S(=O)(=O)N1CC2CCCC2C1. The summed E-state index contributed by atoms with van der Waals surface area (Å²) in [4.78, 5) is 0.136. The number of hydrogen-bond acceptors (Lipinski definition) is 3. The number of sulfonamides is 1. The van der Waals surface area contributed by atoms with Crippen LogP contribution in [-0.2, 0) is 10.0 Å². The Morgan fingerprint density at radius 1 is 1.25 bits per heavy atom. The molecule has 1 aromatic rings. The van der Waals surface area contributed by atoms with Gasteiger partial charge in [0, 0.05) is 13.1 Å². The average molecular weight is 298 g/mol. The molecule has 4 nitrogen and oxygen atoms in total. The Hall–Kier alpha value is -1.14. The van der Waals surface area contributed by atoms with Crippen molar-refractivity contribution in [2.75, 3.05) is 18.8 Å². The number of aryl methyl sites for hydroxylation is 1. The van der Waals surface area contributed by atoms with E-state index in [2.05, 4.69) is 0 Å². The second-order valence-electron chi connectivity index (χ2n) is 5.91. The molecule has 2 fully saturated rings. The molecule has 110 valence electrons. The Labute approximate surface area is 118 Å². The van der Waals surface area contributed by atoms with Gasteiger partial charge in [0.05, 0.1) is 10.6 Å². The number of fused-ring (bicyclic) bond motifs is 1. The lowest BCUT2D eigenvalue weighted by Crippen LogP contribution is -2.30. The molecule has 6 heteroatoms. The van der Waals surface area contributed by atoms with Crippen LogP contribution in [0.4, 0.5) is 10.1 Å². The van der Waals surface area contributed by atoms with E-state index in [0.29, 0.717) is 30.5 Å². The van der Waals surface area contributed by atoms with Gasteiger partial charge in [0.25, 0.3) is 0 Å². The van der Waals surface area contributed by atoms with Crippen LogP contribution >= 0.6 is 0 Å². The zero-order valence-electron chi connectivity index (χ0n) is 11.5. The van der Waals surface area contributed by atoms with Crippen LogP contribution in [0.2, 0.25) is 0 Å². The maximum atomic E-state index is 13.4. The lowest BCUT2D eigenvalue weighted by molar-refractivity contribution is 0.445. The van der Waals surface area contributed by atoms with E-state index in [9.17, 15) is 12.8 Å². The predicted molar refractivity (Wildman–Crippen MR) is 75.1 cm³/mol. The monoisotopic (exact) mass is 298 g/mol. The highest BCUT2D eigenvalue weighted by atomic mass is 32.2. The van der Waals surface area contributed by atoms with Crippen LogP contribution in [0, 0.1) is 24.6 Å². The van der Waals surface area contributed by atoms with E-state index in [1.54, 1.807) is 11.2 Å². The summed E-state index contributed by atoms with van der Waals surface area (Å²) in [6.07, 6.45) is 3.42. The molecular formula is C14H19FN2O2S. The van der Waals surface area contributed by atoms with E-state index in [4.69, 9.17) is 5.73 Å². The fraction of sp³-hybridized carbons (Fsp3) is 0.571. The summed E-state index contributed by atoms with van der Waals surface area (Å²) in [7, 11) is -3.56. The molecule has 3 rings (SSSR count). The van der Waals surface area contributed by atoms with Crippen LogP contribution in [-0.4, -0.2) is 25.8 Å². The standard InChI is InChI=1S/C14H19FN2O2S/c1-9-5-12(15)13(16)6-14(9)20(18,19)17-7-10-3-2-4-11(10)8-17/h5-6,10-11H,2-4,7-8,16H2,1H3. The third-order valence-corrected chi connectivity index (χ3v) is 6.58. The van der Waals surface area contributed by atoms with E-state index in [0.717, 1.165) is 12.8 Å². The minimum Gasteiger partial charge on any atom is -0.396 e. The van der Waals surface area contributed by atoms with Crippen LogP contribution in [0.15, 0.2) is 17.0 Å². The largest absolute Gasteiger partial charge is 0.396 e. The van der Waals surface area contributed by atoms with Gasteiger partial charge >= 0.3 is 0 Å². The van der Waals surface area contributed by atoms with Crippen molar-refractivity contribution >= 4 is 15.7 Å². The van der Waals surface area contributed by atoms with E-state index < -0.39 is 15.8 Å². The van der Waals surface area contributed by atoms with Crippen molar-refractivity contribution in [1.82, 2.24) is 4.31 Å². The topological polar surface area (TPSA) is 63.4 Å². The minimum atomic E-state index is -3.56. The van der Waals surface area contributed by atoms with E-state index in [-0.39, 0.29) is 10.6 Å². The third kappa shape index (κ3) is 2.11. The number of nitrogen functional groups attached to an aromatic ring is 1. The molecule has 2 unspecified atom stereocenters. The third-order valence-electron chi connectivity index (χ3n) is 4.60. The van der Waals surface area contributed by atoms with Gasteiger partial charge < -0.3 is 5.73 Å². The molecule has 0 spiro atoms. The van der Waals surface area contributed by atoms with Gasteiger partial charge in [-0.2, -0.15) is 4.31 Å². The van der Waals surface area contributed by atoms with Gasteiger partial charge in [-0.05, 0) is 49.3 Å². The molecule has 2 N–H and O–H groups in total. The molecule has 0 radical (unpaired) electrons. The van der Waals surface area contributed by atoms with Crippen molar-refractivity contribution in [2.45, 2.75) is 31.1 Å². The lowest BCUT2D eigenvalue weighted by atomic mass is 10.0. The van der Waals surface area contributed by atoms with Crippen LogP contribution in [0.5, 0.6) is 0 Å². The molecular weight excluding hydrogens is 279 g/mol. The summed E-state index contributed by atoms with van der Waals surface area (Å²) in [6, 6.07) is 2.44. The summed E-state index contributed by atoms with van der Waals surface area (Å²) in [5, 5.41) is 0. The molecule has 1 aliphatic heterocycles. The molecule has 2 atom stereocenters. The van der Waals surface area contributed by atoms with Gasteiger partial charge in [0.2, 0.25) is 10.0 Å². The van der Waals surface area contributed by atoms with E-state index >= 15 is 0 Å². The fourth-order valence-corrected chi connectivity index (χ4v) is 5.27. The van der Waals surface area contributed by atoms with Crippen molar-refractivity contribution in [2.24, 2.45) is 11.8 Å². The molecule has 1 heterocycles. The van der Waals surface area contributed by atoms with Crippen molar-refractivity contribution < 1.29 is 12.8 Å². The van der Waals surface area contributed by atoms with Crippen LogP contribution < -0.4 is 5.73 Å². The number of nitrogens with two attached hydrogens (primary N) is 1. The average Bonchev–Trinajstić information content (AvgIpc) is 2.94. The summed E-state index contributed by atoms with van der Waals surface area (Å²) in [6.45, 7) is 2.78. The van der Waals surface area contributed by atoms with Crippen LogP contribution in [0.3, 0.4) is 0 Å². The number of nitrogens with zero attached hydrogens (tertiary/aromatic N) is 1. The van der Waals surface area contributed by atoms with Gasteiger partial charge in [-0.1, -0.05) is 6.42 Å². The normalized spacial score (nSPS) is 26.9. The second kappa shape index (κ2) is 4.70. The highest BCUT2D eigenvalue weighted by Crippen LogP contribution is 2.40. The highest BCUT2D eigenvalue weighted by Gasteiger charge is 2.41. The number of halogens is 1. The molecule has 1 saturated carbocycles. The Bertz CT molecular complexity index is 633. The van der Waals surface area contributed by atoms with Crippen molar-refractivity contribution in [1.29, 1.82) is 0 Å². The second-order valence-corrected chi connectivity index (χ2v) is 7.82. The fourth-order valence-electron chi connectivity index (χ4n) is 3.47. The first-order chi connectivity index (χ1) is 9.39. The highest BCUT2D eigenvalue weighted by molar-refractivity contribution is 7.89. The molecule has 1 aliphatic carbocycles.